The maximum Gasteiger partial charge on any atom is 0.194 e. The van der Waals surface area contributed by atoms with Gasteiger partial charge in [-0.25, -0.2) is 0 Å². The van der Waals surface area contributed by atoms with Crippen molar-refractivity contribution in [3.05, 3.63) is 58.7 Å². The molecule has 1 aliphatic carbocycles. The maximum atomic E-state index is 13.6. The molecule has 0 bridgehead atoms. The summed E-state index contributed by atoms with van der Waals surface area (Å²) < 4.78 is 0. The highest BCUT2D eigenvalue weighted by Gasteiger charge is 2.33. The monoisotopic (exact) mass is 460 g/mol. The molecule has 186 valence electrons. The van der Waals surface area contributed by atoms with Crippen molar-refractivity contribution < 1.29 is 4.79 Å². The Morgan fingerprint density at radius 1 is 0.647 bits per heavy atom. The van der Waals surface area contributed by atoms with E-state index in [2.05, 4.69) is 91.8 Å². The van der Waals surface area contributed by atoms with Crippen LogP contribution in [-0.2, 0) is 10.8 Å². The molecule has 0 aromatic heterocycles. The molecule has 2 unspecified atom stereocenters. The van der Waals surface area contributed by atoms with E-state index >= 15 is 0 Å². The van der Waals surface area contributed by atoms with Gasteiger partial charge in [-0.2, -0.15) is 0 Å². The second-order valence-corrected chi connectivity index (χ2v) is 12.3. The van der Waals surface area contributed by atoms with Crippen LogP contribution in [0.5, 0.6) is 0 Å². The summed E-state index contributed by atoms with van der Waals surface area (Å²) in [5, 5.41) is 0. The van der Waals surface area contributed by atoms with Gasteiger partial charge in [0.2, 0.25) is 0 Å². The maximum absolute atomic E-state index is 13.6. The van der Waals surface area contributed by atoms with E-state index in [0.717, 1.165) is 46.9 Å². The fourth-order valence-electron chi connectivity index (χ4n) is 5.68. The Morgan fingerprint density at radius 2 is 1.03 bits per heavy atom. The number of hydrogen-bond donors (Lipinski definition) is 0. The van der Waals surface area contributed by atoms with Crippen LogP contribution in [0, 0.1) is 11.8 Å². The molecule has 2 aromatic carbocycles. The smallest absolute Gasteiger partial charge is 0.194 e. The Bertz CT molecular complexity index is 918. The molecular formula is C33H48O. The Hall–Kier alpha value is -1.89. The van der Waals surface area contributed by atoms with Crippen molar-refractivity contribution in [2.45, 2.75) is 118 Å². The van der Waals surface area contributed by atoms with Crippen LogP contribution in [0.25, 0.3) is 11.1 Å². The first-order valence-corrected chi connectivity index (χ1v) is 13.9. The molecular weight excluding hydrogens is 412 g/mol. The lowest BCUT2D eigenvalue weighted by Gasteiger charge is -2.30. The molecule has 0 amide bonds. The highest BCUT2D eigenvalue weighted by Crippen LogP contribution is 2.43. The minimum absolute atomic E-state index is 0.126. The zero-order chi connectivity index (χ0) is 25.1. The average Bonchev–Trinajstić information content (AvgIpc) is 3.09. The summed E-state index contributed by atoms with van der Waals surface area (Å²) in [4.78, 5) is 13.6. The van der Waals surface area contributed by atoms with E-state index in [4.69, 9.17) is 0 Å². The average molecular weight is 461 g/mol. The lowest BCUT2D eigenvalue weighted by Crippen LogP contribution is -2.21. The van der Waals surface area contributed by atoms with E-state index in [-0.39, 0.29) is 16.6 Å². The summed E-state index contributed by atoms with van der Waals surface area (Å²) >= 11 is 0. The molecule has 1 nitrogen and oxygen atoms in total. The third-order valence-electron chi connectivity index (χ3n) is 8.79. The molecule has 1 heteroatoms. The first-order valence-electron chi connectivity index (χ1n) is 13.9. The first-order chi connectivity index (χ1) is 16.0. The number of ketones is 1. The number of fused-ring (bicyclic) bond motifs is 3. The predicted molar refractivity (Wildman–Crippen MR) is 148 cm³/mol. The Morgan fingerprint density at radius 3 is 1.35 bits per heavy atom. The van der Waals surface area contributed by atoms with Gasteiger partial charge in [0.15, 0.2) is 5.78 Å². The van der Waals surface area contributed by atoms with E-state index in [1.54, 1.807) is 0 Å². The number of carbonyl (C=O) groups is 1. The van der Waals surface area contributed by atoms with Crippen molar-refractivity contribution >= 4 is 5.78 Å². The van der Waals surface area contributed by atoms with Crippen molar-refractivity contribution in [3.63, 3.8) is 0 Å². The van der Waals surface area contributed by atoms with Gasteiger partial charge in [-0.15, -0.1) is 0 Å². The van der Waals surface area contributed by atoms with Crippen molar-refractivity contribution in [1.29, 1.82) is 0 Å². The zero-order valence-electron chi connectivity index (χ0n) is 23.2. The SMILES string of the molecule is CCC(C)(CCCC(C)C)c1ccc2c(c1)C(=O)c1cc(C(C)(CC)CCCC(C)C)ccc1-2. The predicted octanol–water partition coefficient (Wildman–Crippen LogP) is 9.89. The third kappa shape index (κ3) is 5.50. The Balaban J connectivity index is 1.89. The fourth-order valence-corrected chi connectivity index (χ4v) is 5.68. The fraction of sp³-hybridized carbons (Fsp3) is 0.606. The Labute approximate surface area is 209 Å². The van der Waals surface area contributed by atoms with Gasteiger partial charge in [0.05, 0.1) is 0 Å². The highest BCUT2D eigenvalue weighted by molar-refractivity contribution is 6.21. The van der Waals surface area contributed by atoms with Crippen molar-refractivity contribution in [2.24, 2.45) is 11.8 Å². The summed E-state index contributed by atoms with van der Waals surface area (Å²) in [5.74, 6) is 1.70. The zero-order valence-corrected chi connectivity index (χ0v) is 23.2. The van der Waals surface area contributed by atoms with E-state index in [9.17, 15) is 4.79 Å². The van der Waals surface area contributed by atoms with Gasteiger partial charge in [0, 0.05) is 11.1 Å². The van der Waals surface area contributed by atoms with Gasteiger partial charge in [0.1, 0.15) is 0 Å². The van der Waals surface area contributed by atoms with Gasteiger partial charge in [-0.3, -0.25) is 4.79 Å². The lowest BCUT2D eigenvalue weighted by atomic mass is 9.75. The molecule has 2 aromatic rings. The molecule has 0 saturated carbocycles. The van der Waals surface area contributed by atoms with E-state index in [1.165, 1.54) is 49.7 Å². The molecule has 0 N–H and O–H groups in total. The summed E-state index contributed by atoms with van der Waals surface area (Å²) in [6.45, 7) is 18.5. The van der Waals surface area contributed by atoms with Gasteiger partial charge < -0.3 is 0 Å². The second kappa shape index (κ2) is 10.8. The van der Waals surface area contributed by atoms with Crippen LogP contribution < -0.4 is 0 Å². The van der Waals surface area contributed by atoms with Crippen molar-refractivity contribution in [2.75, 3.05) is 0 Å². The summed E-state index contributed by atoms with van der Waals surface area (Å²) in [5.41, 5.74) is 6.96. The summed E-state index contributed by atoms with van der Waals surface area (Å²) in [6, 6.07) is 13.4. The largest absolute Gasteiger partial charge is 0.289 e. The minimum Gasteiger partial charge on any atom is -0.289 e. The van der Waals surface area contributed by atoms with Crippen LogP contribution in [0.4, 0.5) is 0 Å². The number of benzene rings is 2. The molecule has 0 heterocycles. The van der Waals surface area contributed by atoms with Gasteiger partial charge in [-0.05, 0) is 82.7 Å². The van der Waals surface area contributed by atoms with E-state index in [1.807, 2.05) is 0 Å². The summed E-state index contributed by atoms with van der Waals surface area (Å²) in [7, 11) is 0. The molecule has 1 aliphatic rings. The molecule has 0 aliphatic heterocycles. The van der Waals surface area contributed by atoms with Crippen molar-refractivity contribution in [1.82, 2.24) is 0 Å². The van der Waals surface area contributed by atoms with E-state index < -0.39 is 0 Å². The van der Waals surface area contributed by atoms with Crippen molar-refractivity contribution in [3.8, 4) is 11.1 Å². The number of hydrogen-bond acceptors (Lipinski definition) is 1. The van der Waals surface area contributed by atoms with Gasteiger partial charge >= 0.3 is 0 Å². The lowest BCUT2D eigenvalue weighted by molar-refractivity contribution is 0.104. The molecule has 0 radical (unpaired) electrons. The van der Waals surface area contributed by atoms with Crippen LogP contribution in [0.15, 0.2) is 36.4 Å². The topological polar surface area (TPSA) is 17.1 Å². The van der Waals surface area contributed by atoms with Crippen LogP contribution in [0.2, 0.25) is 0 Å². The standard InChI is InChI=1S/C33H48O/c1-9-32(7,19-11-13-23(3)4)25-15-17-27-28-18-16-26(22-30(28)31(34)29(27)21-25)33(8,10-2)20-12-14-24(5)6/h15-18,21-24H,9-14,19-20H2,1-8H3. The van der Waals surface area contributed by atoms with Crippen LogP contribution in [-0.4, -0.2) is 5.78 Å². The molecule has 3 rings (SSSR count). The van der Waals surface area contributed by atoms with Crippen LogP contribution in [0.3, 0.4) is 0 Å². The summed E-state index contributed by atoms with van der Waals surface area (Å²) in [6.07, 6.45) is 9.56. The quantitative estimate of drug-likeness (QED) is 0.263. The molecule has 0 fully saturated rings. The van der Waals surface area contributed by atoms with Crippen LogP contribution in [0.1, 0.15) is 134 Å². The van der Waals surface area contributed by atoms with Gasteiger partial charge in [-0.1, -0.05) is 105 Å². The van der Waals surface area contributed by atoms with E-state index in [0.29, 0.717) is 0 Å². The minimum atomic E-state index is 0.126. The normalized spacial score (nSPS) is 16.5. The molecule has 2 atom stereocenters. The molecule has 0 spiro atoms. The van der Waals surface area contributed by atoms with Crippen LogP contribution >= 0.6 is 0 Å². The molecule has 34 heavy (non-hydrogen) atoms. The first kappa shape index (κ1) is 26.7. The molecule has 0 saturated heterocycles. The number of rotatable bonds is 12. The highest BCUT2D eigenvalue weighted by atomic mass is 16.1. The number of carbonyl (C=O) groups excluding carboxylic acids is 1. The second-order valence-electron chi connectivity index (χ2n) is 12.3. The van der Waals surface area contributed by atoms with Gasteiger partial charge in [0.25, 0.3) is 0 Å². The Kier molecular flexibility index (Phi) is 8.48. The third-order valence-corrected chi connectivity index (χ3v) is 8.79.